The monoisotopic (exact) mass is 288 g/mol. The second-order valence-corrected chi connectivity index (χ2v) is 5.25. The van der Waals surface area contributed by atoms with Crippen molar-refractivity contribution in [2.24, 2.45) is 23.5 Å². The highest BCUT2D eigenvalue weighted by molar-refractivity contribution is 5.85. The molecule has 18 heavy (non-hydrogen) atoms. The quantitative estimate of drug-likeness (QED) is 0.923. The second-order valence-electron chi connectivity index (χ2n) is 5.25. The Kier molecular flexibility index (Phi) is 5.93. The number of nitrogens with zero attached hydrogens (tertiary/aromatic N) is 1. The molecular weight excluding hydrogens is 267 g/mol. The molecule has 1 aromatic carbocycles. The largest absolute Gasteiger partial charge is 0.330 e. The summed E-state index contributed by atoms with van der Waals surface area (Å²) in [7, 11) is 0. The summed E-state index contributed by atoms with van der Waals surface area (Å²) in [6, 6.07) is 10.8. The zero-order chi connectivity index (χ0) is 11.0. The Morgan fingerprint density at radius 1 is 1.06 bits per heavy atom. The van der Waals surface area contributed by atoms with E-state index in [4.69, 9.17) is 5.73 Å². The third-order valence-electron chi connectivity index (χ3n) is 4.20. The SMILES string of the molecule is Cl.Cl.NCCC1[C@H]2CN(Cc3ccccc3)C[C@@H]12. The van der Waals surface area contributed by atoms with Crippen molar-refractivity contribution in [2.75, 3.05) is 19.6 Å². The van der Waals surface area contributed by atoms with Crippen LogP contribution in [-0.2, 0) is 6.54 Å². The van der Waals surface area contributed by atoms with Crippen LogP contribution in [0.1, 0.15) is 12.0 Å². The van der Waals surface area contributed by atoms with E-state index in [1.807, 2.05) is 0 Å². The first kappa shape index (κ1) is 15.8. The van der Waals surface area contributed by atoms with E-state index >= 15 is 0 Å². The molecular formula is C14H22Cl2N2. The number of hydrogen-bond acceptors (Lipinski definition) is 2. The maximum Gasteiger partial charge on any atom is 0.0233 e. The van der Waals surface area contributed by atoms with E-state index in [0.717, 1.165) is 30.8 Å². The van der Waals surface area contributed by atoms with Gasteiger partial charge in [0.1, 0.15) is 0 Å². The molecule has 0 spiro atoms. The Labute approximate surface area is 122 Å². The van der Waals surface area contributed by atoms with Crippen molar-refractivity contribution in [3.63, 3.8) is 0 Å². The first-order chi connectivity index (χ1) is 7.88. The average molecular weight is 289 g/mol. The summed E-state index contributed by atoms with van der Waals surface area (Å²) < 4.78 is 0. The summed E-state index contributed by atoms with van der Waals surface area (Å²) in [6.45, 7) is 4.59. The molecule has 2 N–H and O–H groups in total. The van der Waals surface area contributed by atoms with Crippen molar-refractivity contribution in [3.8, 4) is 0 Å². The fourth-order valence-corrected chi connectivity index (χ4v) is 3.33. The Morgan fingerprint density at radius 3 is 2.22 bits per heavy atom. The smallest absolute Gasteiger partial charge is 0.0233 e. The van der Waals surface area contributed by atoms with Crippen molar-refractivity contribution < 1.29 is 0 Å². The number of likely N-dealkylation sites (tertiary alicyclic amines) is 1. The van der Waals surface area contributed by atoms with E-state index in [2.05, 4.69) is 35.2 Å². The van der Waals surface area contributed by atoms with Crippen LogP contribution in [0.15, 0.2) is 30.3 Å². The maximum absolute atomic E-state index is 5.62. The zero-order valence-electron chi connectivity index (χ0n) is 10.5. The predicted octanol–water partition coefficient (Wildman–Crippen LogP) is 2.56. The van der Waals surface area contributed by atoms with Gasteiger partial charge in [0.05, 0.1) is 0 Å². The van der Waals surface area contributed by atoms with Crippen molar-refractivity contribution in [3.05, 3.63) is 35.9 Å². The summed E-state index contributed by atoms with van der Waals surface area (Å²) in [4.78, 5) is 2.59. The lowest BCUT2D eigenvalue weighted by Gasteiger charge is -2.19. The molecule has 1 aliphatic heterocycles. The van der Waals surface area contributed by atoms with Crippen LogP contribution in [0, 0.1) is 17.8 Å². The Morgan fingerprint density at radius 2 is 1.67 bits per heavy atom. The van der Waals surface area contributed by atoms with Gasteiger partial charge in [-0.25, -0.2) is 0 Å². The number of nitrogens with two attached hydrogens (primary N) is 1. The van der Waals surface area contributed by atoms with Gasteiger partial charge in [-0.1, -0.05) is 30.3 Å². The molecule has 2 nitrogen and oxygen atoms in total. The average Bonchev–Trinajstić information content (AvgIpc) is 2.76. The van der Waals surface area contributed by atoms with Gasteiger partial charge in [0, 0.05) is 19.6 Å². The van der Waals surface area contributed by atoms with Crippen molar-refractivity contribution in [1.82, 2.24) is 4.90 Å². The Bertz CT molecular complexity index is 346. The van der Waals surface area contributed by atoms with Crippen LogP contribution in [-0.4, -0.2) is 24.5 Å². The molecule has 1 heterocycles. The van der Waals surface area contributed by atoms with E-state index in [0.29, 0.717) is 0 Å². The summed E-state index contributed by atoms with van der Waals surface area (Å²) in [6.07, 6.45) is 1.24. The molecule has 1 saturated heterocycles. The molecule has 0 aromatic heterocycles. The number of hydrogen-bond donors (Lipinski definition) is 1. The van der Waals surface area contributed by atoms with Gasteiger partial charge in [0.15, 0.2) is 0 Å². The fourth-order valence-electron chi connectivity index (χ4n) is 3.33. The standard InChI is InChI=1S/C14H20N2.2ClH/c15-7-6-12-13-9-16(10-14(12)13)8-11-4-2-1-3-5-11;;/h1-5,12-14H,6-10,15H2;2*1H/t12?,13-,14+;;. The normalized spacial score (nSPS) is 29.1. The van der Waals surface area contributed by atoms with E-state index in [9.17, 15) is 0 Å². The van der Waals surface area contributed by atoms with Gasteiger partial charge >= 0.3 is 0 Å². The fraction of sp³-hybridized carbons (Fsp3) is 0.571. The minimum atomic E-state index is 0. The van der Waals surface area contributed by atoms with E-state index in [1.54, 1.807) is 0 Å². The molecule has 1 aliphatic carbocycles. The molecule has 0 radical (unpaired) electrons. The molecule has 2 aliphatic rings. The second kappa shape index (κ2) is 6.76. The van der Waals surface area contributed by atoms with Gasteiger partial charge < -0.3 is 5.73 Å². The van der Waals surface area contributed by atoms with Crippen molar-refractivity contribution >= 4 is 24.8 Å². The molecule has 1 unspecified atom stereocenters. The number of piperidine rings is 1. The third kappa shape index (κ3) is 3.18. The highest BCUT2D eigenvalue weighted by Gasteiger charge is 2.54. The van der Waals surface area contributed by atoms with Crippen molar-refractivity contribution in [1.29, 1.82) is 0 Å². The van der Waals surface area contributed by atoms with Crippen molar-refractivity contribution in [2.45, 2.75) is 13.0 Å². The molecule has 0 amide bonds. The topological polar surface area (TPSA) is 29.3 Å². The molecule has 102 valence electrons. The predicted molar refractivity (Wildman–Crippen MR) is 80.4 cm³/mol. The summed E-state index contributed by atoms with van der Waals surface area (Å²) in [5.41, 5.74) is 7.06. The van der Waals surface area contributed by atoms with Gasteiger partial charge in [-0.2, -0.15) is 0 Å². The summed E-state index contributed by atoms with van der Waals surface area (Å²) in [5.74, 6) is 2.89. The molecule has 3 atom stereocenters. The minimum Gasteiger partial charge on any atom is -0.330 e. The zero-order valence-corrected chi connectivity index (χ0v) is 12.1. The molecule has 0 bridgehead atoms. The number of fused-ring (bicyclic) bond motifs is 1. The van der Waals surface area contributed by atoms with Gasteiger partial charge in [0.2, 0.25) is 0 Å². The van der Waals surface area contributed by atoms with Crippen LogP contribution in [0.5, 0.6) is 0 Å². The van der Waals surface area contributed by atoms with E-state index in [-0.39, 0.29) is 24.8 Å². The Balaban J connectivity index is 0.000000810. The van der Waals surface area contributed by atoms with E-state index < -0.39 is 0 Å². The van der Waals surface area contributed by atoms with Crippen LogP contribution < -0.4 is 5.73 Å². The van der Waals surface area contributed by atoms with Gasteiger partial charge in [-0.05, 0) is 36.3 Å². The molecule has 1 aromatic rings. The lowest BCUT2D eigenvalue weighted by Crippen LogP contribution is -2.24. The molecule has 1 saturated carbocycles. The third-order valence-corrected chi connectivity index (χ3v) is 4.20. The number of rotatable bonds is 4. The maximum atomic E-state index is 5.62. The van der Waals surface area contributed by atoms with Crippen LogP contribution in [0.4, 0.5) is 0 Å². The van der Waals surface area contributed by atoms with Crippen LogP contribution >= 0.6 is 24.8 Å². The summed E-state index contributed by atoms with van der Waals surface area (Å²) in [5, 5.41) is 0. The lowest BCUT2D eigenvalue weighted by atomic mass is 10.1. The van der Waals surface area contributed by atoms with Crippen LogP contribution in [0.2, 0.25) is 0 Å². The number of halogens is 2. The van der Waals surface area contributed by atoms with Gasteiger partial charge in [-0.3, -0.25) is 4.90 Å². The van der Waals surface area contributed by atoms with Crippen LogP contribution in [0.3, 0.4) is 0 Å². The first-order valence-electron chi connectivity index (χ1n) is 6.35. The highest BCUT2D eigenvalue weighted by atomic mass is 35.5. The minimum absolute atomic E-state index is 0. The highest BCUT2D eigenvalue weighted by Crippen LogP contribution is 2.53. The lowest BCUT2D eigenvalue weighted by molar-refractivity contribution is 0.275. The number of benzene rings is 1. The van der Waals surface area contributed by atoms with E-state index in [1.165, 1.54) is 25.1 Å². The van der Waals surface area contributed by atoms with Crippen LogP contribution in [0.25, 0.3) is 0 Å². The molecule has 2 fully saturated rings. The molecule has 3 rings (SSSR count). The summed E-state index contributed by atoms with van der Waals surface area (Å²) >= 11 is 0. The Hall–Kier alpha value is -0.280. The first-order valence-corrected chi connectivity index (χ1v) is 6.35. The molecule has 4 heteroatoms. The van der Waals surface area contributed by atoms with Gasteiger partial charge in [-0.15, -0.1) is 24.8 Å². The van der Waals surface area contributed by atoms with Gasteiger partial charge in [0.25, 0.3) is 0 Å².